The summed E-state index contributed by atoms with van der Waals surface area (Å²) in [4.78, 5) is 28.4. The second-order valence-electron chi connectivity index (χ2n) is 5.47. The Bertz CT molecular complexity index is 759. The molecule has 126 valence electrons. The Hall–Kier alpha value is -2.54. The van der Waals surface area contributed by atoms with Crippen LogP contribution < -0.4 is 20.3 Å². The number of thiophene rings is 1. The van der Waals surface area contributed by atoms with Gasteiger partial charge in [0.25, 0.3) is 5.91 Å². The number of nitrogens with one attached hydrogen (secondary N) is 2. The molecule has 0 spiro atoms. The highest BCUT2D eigenvalue weighted by Gasteiger charge is 2.33. The number of amides is 3. The second kappa shape index (κ2) is 6.92. The van der Waals surface area contributed by atoms with Gasteiger partial charge in [-0.2, -0.15) is 0 Å². The van der Waals surface area contributed by atoms with Gasteiger partial charge in [0, 0.05) is 16.8 Å². The third-order valence-corrected chi connectivity index (χ3v) is 4.77. The maximum Gasteiger partial charge on any atom is 0.322 e. The van der Waals surface area contributed by atoms with Crippen LogP contribution >= 0.6 is 11.3 Å². The van der Waals surface area contributed by atoms with E-state index in [9.17, 15) is 9.59 Å². The van der Waals surface area contributed by atoms with Crippen molar-refractivity contribution in [2.24, 2.45) is 0 Å². The molecule has 1 aromatic carbocycles. The summed E-state index contributed by atoms with van der Waals surface area (Å²) in [7, 11) is 1.55. The van der Waals surface area contributed by atoms with E-state index in [4.69, 9.17) is 4.74 Å². The highest BCUT2D eigenvalue weighted by molar-refractivity contribution is 7.11. The molecule has 0 bridgehead atoms. The van der Waals surface area contributed by atoms with Crippen molar-refractivity contribution in [3.63, 3.8) is 0 Å². The van der Waals surface area contributed by atoms with Gasteiger partial charge >= 0.3 is 6.03 Å². The molecule has 0 aliphatic carbocycles. The molecule has 0 saturated heterocycles. The molecule has 2 heterocycles. The third kappa shape index (κ3) is 3.35. The molecule has 0 radical (unpaired) electrons. The number of ether oxygens (including phenoxy) is 1. The Morgan fingerprint density at radius 3 is 2.79 bits per heavy atom. The molecule has 3 rings (SSSR count). The van der Waals surface area contributed by atoms with Crippen LogP contribution in [0.4, 0.5) is 10.5 Å². The predicted octanol–water partition coefficient (Wildman–Crippen LogP) is 2.28. The minimum Gasteiger partial charge on any atom is -0.477 e. The summed E-state index contributed by atoms with van der Waals surface area (Å²) in [5.74, 6) is 0.274. The number of urea groups is 1. The summed E-state index contributed by atoms with van der Waals surface area (Å²) in [5.41, 5.74) is 0.664. The monoisotopic (exact) mass is 345 g/mol. The smallest absolute Gasteiger partial charge is 0.322 e. The summed E-state index contributed by atoms with van der Waals surface area (Å²) in [6, 6.07) is 11.0. The maximum absolute atomic E-state index is 12.6. The van der Waals surface area contributed by atoms with Crippen molar-refractivity contribution < 1.29 is 14.3 Å². The van der Waals surface area contributed by atoms with Crippen molar-refractivity contribution in [2.45, 2.75) is 19.6 Å². The fourth-order valence-corrected chi connectivity index (χ4v) is 3.39. The van der Waals surface area contributed by atoms with E-state index in [1.54, 1.807) is 29.4 Å². The standard InChI is InChI=1S/C17H19N3O3S/c1-11-7-8-12(24-11)9-19-17(22)20-10-15(16(21)18-2)23-14-6-4-3-5-13(14)20/h3-8,15H,9-10H2,1-2H3,(H,18,21)(H,19,22). The van der Waals surface area contributed by atoms with Gasteiger partial charge in [-0.05, 0) is 31.2 Å². The highest BCUT2D eigenvalue weighted by atomic mass is 32.1. The van der Waals surface area contributed by atoms with Gasteiger partial charge < -0.3 is 15.4 Å². The molecule has 0 fully saturated rings. The molecule has 1 aromatic heterocycles. The van der Waals surface area contributed by atoms with Gasteiger partial charge in [-0.1, -0.05) is 12.1 Å². The van der Waals surface area contributed by atoms with E-state index in [0.717, 1.165) is 4.88 Å². The van der Waals surface area contributed by atoms with E-state index in [1.807, 2.05) is 37.3 Å². The number of fused-ring (bicyclic) bond motifs is 1. The number of anilines is 1. The van der Waals surface area contributed by atoms with Crippen molar-refractivity contribution in [1.82, 2.24) is 10.6 Å². The lowest BCUT2D eigenvalue weighted by molar-refractivity contribution is -0.127. The molecule has 0 saturated carbocycles. The van der Waals surface area contributed by atoms with Gasteiger partial charge in [-0.25, -0.2) is 4.79 Å². The van der Waals surface area contributed by atoms with Crippen molar-refractivity contribution in [2.75, 3.05) is 18.5 Å². The zero-order chi connectivity index (χ0) is 17.1. The Morgan fingerprint density at radius 1 is 1.29 bits per heavy atom. The number of benzene rings is 1. The van der Waals surface area contributed by atoms with Crippen molar-refractivity contribution in [3.05, 3.63) is 46.2 Å². The van der Waals surface area contributed by atoms with Crippen LogP contribution in [0.5, 0.6) is 5.75 Å². The average molecular weight is 345 g/mol. The van der Waals surface area contributed by atoms with E-state index >= 15 is 0 Å². The number of rotatable bonds is 3. The molecule has 2 N–H and O–H groups in total. The Kier molecular flexibility index (Phi) is 4.71. The first-order chi connectivity index (χ1) is 11.6. The van der Waals surface area contributed by atoms with Crippen molar-refractivity contribution in [3.8, 4) is 5.75 Å². The van der Waals surface area contributed by atoms with Gasteiger partial charge in [0.05, 0.1) is 18.8 Å². The predicted molar refractivity (Wildman–Crippen MR) is 93.6 cm³/mol. The molecule has 1 unspecified atom stereocenters. The number of likely N-dealkylation sites (N-methyl/N-ethyl adjacent to an activating group) is 1. The lowest BCUT2D eigenvalue weighted by Gasteiger charge is -2.33. The Labute approximate surface area is 144 Å². The normalized spacial score (nSPS) is 16.1. The number of hydrogen-bond acceptors (Lipinski definition) is 4. The van der Waals surface area contributed by atoms with Crippen LogP contribution in [0.1, 0.15) is 9.75 Å². The number of carbonyl (C=O) groups excluding carboxylic acids is 2. The number of para-hydroxylation sites is 2. The molecule has 6 nitrogen and oxygen atoms in total. The van der Waals surface area contributed by atoms with E-state index in [-0.39, 0.29) is 18.5 Å². The third-order valence-electron chi connectivity index (χ3n) is 3.77. The first-order valence-corrected chi connectivity index (χ1v) is 8.48. The Balaban J connectivity index is 1.76. The average Bonchev–Trinajstić information content (AvgIpc) is 3.03. The van der Waals surface area contributed by atoms with Crippen LogP contribution in [0, 0.1) is 6.92 Å². The molecule has 7 heteroatoms. The SMILES string of the molecule is CNC(=O)C1CN(C(=O)NCc2ccc(C)s2)c2ccccc2O1. The molecular weight excluding hydrogens is 326 g/mol. The van der Waals surface area contributed by atoms with E-state index in [0.29, 0.717) is 18.0 Å². The van der Waals surface area contributed by atoms with Crippen molar-refractivity contribution in [1.29, 1.82) is 0 Å². The van der Waals surface area contributed by atoms with Gasteiger partial charge in [0.1, 0.15) is 5.75 Å². The topological polar surface area (TPSA) is 70.7 Å². The Morgan fingerprint density at radius 2 is 2.08 bits per heavy atom. The van der Waals surface area contributed by atoms with Gasteiger partial charge in [0.2, 0.25) is 0 Å². The van der Waals surface area contributed by atoms with Gasteiger partial charge in [-0.15, -0.1) is 11.3 Å². The molecule has 3 amide bonds. The summed E-state index contributed by atoms with van der Waals surface area (Å²) in [6.07, 6.45) is -0.723. The van der Waals surface area contributed by atoms with Crippen LogP contribution in [0.25, 0.3) is 0 Å². The zero-order valence-electron chi connectivity index (χ0n) is 13.5. The maximum atomic E-state index is 12.6. The summed E-state index contributed by atoms with van der Waals surface area (Å²) >= 11 is 1.65. The number of carbonyl (C=O) groups is 2. The molecular formula is C17H19N3O3S. The lowest BCUT2D eigenvalue weighted by atomic mass is 10.2. The quantitative estimate of drug-likeness (QED) is 0.897. The molecule has 1 aliphatic heterocycles. The highest BCUT2D eigenvalue weighted by Crippen LogP contribution is 2.33. The van der Waals surface area contributed by atoms with Crippen LogP contribution in [0.3, 0.4) is 0 Å². The summed E-state index contributed by atoms with van der Waals surface area (Å²) in [6.45, 7) is 2.66. The van der Waals surface area contributed by atoms with Crippen LogP contribution in [0.2, 0.25) is 0 Å². The lowest BCUT2D eigenvalue weighted by Crippen LogP contribution is -2.52. The minimum atomic E-state index is -0.723. The number of nitrogens with zero attached hydrogens (tertiary/aromatic N) is 1. The zero-order valence-corrected chi connectivity index (χ0v) is 14.4. The van der Waals surface area contributed by atoms with Crippen LogP contribution in [0.15, 0.2) is 36.4 Å². The molecule has 24 heavy (non-hydrogen) atoms. The summed E-state index contributed by atoms with van der Waals surface area (Å²) in [5, 5.41) is 5.48. The first kappa shape index (κ1) is 16.3. The fraction of sp³-hybridized carbons (Fsp3) is 0.294. The van der Waals surface area contributed by atoms with E-state index in [1.165, 1.54) is 4.88 Å². The number of aryl methyl sites for hydroxylation is 1. The fourth-order valence-electron chi connectivity index (χ4n) is 2.56. The minimum absolute atomic E-state index is 0.173. The largest absolute Gasteiger partial charge is 0.477 e. The van der Waals surface area contributed by atoms with E-state index < -0.39 is 6.10 Å². The van der Waals surface area contributed by atoms with Crippen LogP contribution in [-0.2, 0) is 11.3 Å². The number of hydrogen-bond donors (Lipinski definition) is 2. The van der Waals surface area contributed by atoms with Gasteiger partial charge in [0.15, 0.2) is 6.10 Å². The van der Waals surface area contributed by atoms with Gasteiger partial charge in [-0.3, -0.25) is 9.69 Å². The summed E-state index contributed by atoms with van der Waals surface area (Å²) < 4.78 is 5.70. The second-order valence-corrected chi connectivity index (χ2v) is 6.84. The van der Waals surface area contributed by atoms with Crippen LogP contribution in [-0.4, -0.2) is 31.6 Å². The molecule has 2 aromatic rings. The molecule has 1 aliphatic rings. The van der Waals surface area contributed by atoms with E-state index in [2.05, 4.69) is 10.6 Å². The first-order valence-electron chi connectivity index (χ1n) is 7.66. The molecule has 1 atom stereocenters. The van der Waals surface area contributed by atoms with Crippen molar-refractivity contribution >= 4 is 29.0 Å².